The smallest absolute Gasteiger partial charge is 0.270 e. The lowest BCUT2D eigenvalue weighted by Gasteiger charge is -2.03. The molecule has 0 heterocycles. The Morgan fingerprint density at radius 1 is 1.50 bits per heavy atom. The third-order valence-electron chi connectivity index (χ3n) is 2.64. The van der Waals surface area contributed by atoms with Crippen molar-refractivity contribution >= 4 is 34.1 Å². The van der Waals surface area contributed by atoms with Gasteiger partial charge in [0.2, 0.25) is 0 Å². The van der Waals surface area contributed by atoms with Crippen LogP contribution in [-0.2, 0) is 11.2 Å². The molecule has 0 N–H and O–H groups in total. The van der Waals surface area contributed by atoms with E-state index >= 15 is 0 Å². The second kappa shape index (κ2) is 4.48. The number of ketones is 1. The van der Waals surface area contributed by atoms with Crippen LogP contribution in [0.3, 0.4) is 0 Å². The van der Waals surface area contributed by atoms with E-state index in [1.165, 1.54) is 12.1 Å². The van der Waals surface area contributed by atoms with Crippen LogP contribution in [-0.4, -0.2) is 10.7 Å². The molecule has 0 bridgehead atoms. The normalized spacial score (nSPS) is 14.8. The van der Waals surface area contributed by atoms with E-state index < -0.39 is 4.92 Å². The zero-order valence-corrected chi connectivity index (χ0v) is 10.6. The Kier molecular flexibility index (Phi) is 3.22. The highest BCUT2D eigenvalue weighted by Crippen LogP contribution is 2.31. The number of Topliss-reactive ketones (excluding diaryl/α,β-unsaturated/α-hetero) is 1. The number of nitrogens with zero attached hydrogens (tertiary/aromatic N) is 1. The van der Waals surface area contributed by atoms with Gasteiger partial charge in [0.1, 0.15) is 5.78 Å². The predicted molar refractivity (Wildman–Crippen MR) is 67.2 cm³/mol. The molecule has 1 aliphatic carbocycles. The lowest BCUT2D eigenvalue weighted by molar-refractivity contribution is -0.385. The van der Waals surface area contributed by atoms with Gasteiger partial charge in [0, 0.05) is 28.0 Å². The first-order chi connectivity index (χ1) is 7.58. The van der Waals surface area contributed by atoms with Crippen molar-refractivity contribution in [1.82, 2.24) is 0 Å². The minimum absolute atomic E-state index is 0.0759. The van der Waals surface area contributed by atoms with Crippen molar-refractivity contribution in [2.24, 2.45) is 5.92 Å². The van der Waals surface area contributed by atoms with Gasteiger partial charge in [-0.1, -0.05) is 6.07 Å². The Morgan fingerprint density at radius 2 is 2.19 bits per heavy atom. The van der Waals surface area contributed by atoms with E-state index in [4.69, 9.17) is 0 Å². The van der Waals surface area contributed by atoms with Gasteiger partial charge in [-0.15, -0.1) is 0 Å². The van der Waals surface area contributed by atoms with Gasteiger partial charge in [0.05, 0.1) is 4.92 Å². The lowest BCUT2D eigenvalue weighted by atomic mass is 10.1. The van der Waals surface area contributed by atoms with Crippen LogP contribution in [0.15, 0.2) is 18.2 Å². The molecule has 1 aliphatic rings. The number of carbonyl (C=O) groups excluding carboxylic acids is 1. The molecule has 0 saturated heterocycles. The summed E-state index contributed by atoms with van der Waals surface area (Å²) in [4.78, 5) is 21.7. The van der Waals surface area contributed by atoms with Crippen LogP contribution in [0.5, 0.6) is 0 Å². The van der Waals surface area contributed by atoms with E-state index in [2.05, 4.69) is 0 Å². The molecule has 1 aromatic carbocycles. The number of benzene rings is 1. The fourth-order valence-electron chi connectivity index (χ4n) is 1.53. The Hall–Kier alpha value is -0.980. The lowest BCUT2D eigenvalue weighted by Crippen LogP contribution is -2.06. The van der Waals surface area contributed by atoms with Gasteiger partial charge in [-0.25, -0.2) is 0 Å². The number of carbonyl (C=O) groups is 1. The van der Waals surface area contributed by atoms with Gasteiger partial charge in [0.15, 0.2) is 0 Å². The average molecular weight is 331 g/mol. The highest BCUT2D eigenvalue weighted by molar-refractivity contribution is 14.1. The maximum Gasteiger partial charge on any atom is 0.270 e. The van der Waals surface area contributed by atoms with Crippen molar-refractivity contribution in [2.45, 2.75) is 19.3 Å². The number of rotatable bonds is 4. The van der Waals surface area contributed by atoms with E-state index in [1.54, 1.807) is 6.07 Å². The van der Waals surface area contributed by atoms with E-state index in [0.717, 1.165) is 22.0 Å². The second-order valence-electron chi connectivity index (χ2n) is 3.95. The van der Waals surface area contributed by atoms with Crippen molar-refractivity contribution in [3.63, 3.8) is 0 Å². The van der Waals surface area contributed by atoms with Crippen LogP contribution in [0.2, 0.25) is 0 Å². The molecular formula is C11H10INO3. The maximum atomic E-state index is 11.6. The third-order valence-corrected chi connectivity index (χ3v) is 3.65. The van der Waals surface area contributed by atoms with Crippen molar-refractivity contribution in [2.75, 3.05) is 0 Å². The molecule has 0 aromatic heterocycles. The van der Waals surface area contributed by atoms with Gasteiger partial charge in [-0.3, -0.25) is 14.9 Å². The number of hydrogen-bond donors (Lipinski definition) is 0. The molecule has 1 saturated carbocycles. The molecule has 0 radical (unpaired) electrons. The average Bonchev–Trinajstić information content (AvgIpc) is 3.03. The summed E-state index contributed by atoms with van der Waals surface area (Å²) in [5.74, 6) is 0.498. The molecular weight excluding hydrogens is 321 g/mol. The molecule has 0 aliphatic heterocycles. The monoisotopic (exact) mass is 331 g/mol. The van der Waals surface area contributed by atoms with Crippen LogP contribution in [0.25, 0.3) is 0 Å². The highest BCUT2D eigenvalue weighted by atomic mass is 127. The summed E-state index contributed by atoms with van der Waals surface area (Å²) in [6.07, 6.45) is 2.41. The molecule has 0 unspecified atom stereocenters. The number of halogens is 1. The van der Waals surface area contributed by atoms with Gasteiger partial charge in [-0.2, -0.15) is 0 Å². The van der Waals surface area contributed by atoms with Gasteiger partial charge in [-0.05, 0) is 41.0 Å². The summed E-state index contributed by atoms with van der Waals surface area (Å²) in [5.41, 5.74) is 0.968. The number of nitro groups is 1. The standard InChI is InChI=1S/C11H10INO3/c12-10-6-9(13(15)16)4-3-8(10)5-11(14)7-1-2-7/h3-4,6-7H,1-2,5H2. The summed E-state index contributed by atoms with van der Waals surface area (Å²) in [5, 5.41) is 10.5. The van der Waals surface area contributed by atoms with E-state index in [1.807, 2.05) is 22.6 Å². The van der Waals surface area contributed by atoms with Gasteiger partial charge < -0.3 is 0 Å². The molecule has 84 valence electrons. The third kappa shape index (κ3) is 2.58. The van der Waals surface area contributed by atoms with Crippen LogP contribution in [0.4, 0.5) is 5.69 Å². The maximum absolute atomic E-state index is 11.6. The summed E-state index contributed by atoms with van der Waals surface area (Å²) < 4.78 is 0.792. The van der Waals surface area contributed by atoms with E-state index in [9.17, 15) is 14.9 Å². The zero-order valence-electron chi connectivity index (χ0n) is 8.48. The molecule has 4 nitrogen and oxygen atoms in total. The fourth-order valence-corrected chi connectivity index (χ4v) is 2.22. The first-order valence-electron chi connectivity index (χ1n) is 5.03. The molecule has 2 rings (SSSR count). The van der Waals surface area contributed by atoms with Crippen LogP contribution < -0.4 is 0 Å². The Labute approximate surface area is 106 Å². The highest BCUT2D eigenvalue weighted by Gasteiger charge is 2.29. The Balaban J connectivity index is 2.15. The van der Waals surface area contributed by atoms with Gasteiger partial charge in [0.25, 0.3) is 5.69 Å². The van der Waals surface area contributed by atoms with Crippen LogP contribution in [0.1, 0.15) is 18.4 Å². The SMILES string of the molecule is O=C(Cc1ccc([N+](=O)[O-])cc1I)C1CC1. The first-order valence-corrected chi connectivity index (χ1v) is 6.11. The summed E-state index contributed by atoms with van der Waals surface area (Å²) >= 11 is 2.04. The molecule has 0 spiro atoms. The first kappa shape index (κ1) is 11.5. The molecule has 16 heavy (non-hydrogen) atoms. The van der Waals surface area contributed by atoms with Gasteiger partial charge >= 0.3 is 0 Å². The Bertz CT molecular complexity index is 455. The predicted octanol–water partition coefficient (Wildman–Crippen LogP) is 2.72. The Morgan fingerprint density at radius 3 is 2.69 bits per heavy atom. The summed E-state index contributed by atoms with van der Waals surface area (Å²) in [6, 6.07) is 4.65. The molecule has 1 fully saturated rings. The minimum atomic E-state index is -0.422. The van der Waals surface area contributed by atoms with Crippen molar-refractivity contribution in [3.8, 4) is 0 Å². The van der Waals surface area contributed by atoms with Crippen LogP contribution in [0, 0.1) is 19.6 Å². The quantitative estimate of drug-likeness (QED) is 0.484. The second-order valence-corrected chi connectivity index (χ2v) is 5.11. The van der Waals surface area contributed by atoms with Crippen molar-refractivity contribution in [3.05, 3.63) is 37.4 Å². The fraction of sp³-hybridized carbons (Fsp3) is 0.364. The molecule has 1 aromatic rings. The zero-order chi connectivity index (χ0) is 11.7. The minimum Gasteiger partial charge on any atom is -0.299 e. The van der Waals surface area contributed by atoms with Crippen molar-refractivity contribution < 1.29 is 9.72 Å². The molecule has 0 atom stereocenters. The molecule has 5 heteroatoms. The van der Waals surface area contributed by atoms with E-state index in [0.29, 0.717) is 6.42 Å². The summed E-state index contributed by atoms with van der Waals surface area (Å²) in [6.45, 7) is 0. The van der Waals surface area contributed by atoms with E-state index in [-0.39, 0.29) is 17.4 Å². The largest absolute Gasteiger partial charge is 0.299 e. The van der Waals surface area contributed by atoms with Crippen LogP contribution >= 0.6 is 22.6 Å². The number of non-ortho nitro benzene ring substituents is 1. The number of nitro benzene ring substituents is 1. The van der Waals surface area contributed by atoms with Crippen molar-refractivity contribution in [1.29, 1.82) is 0 Å². The number of hydrogen-bond acceptors (Lipinski definition) is 3. The summed E-state index contributed by atoms with van der Waals surface area (Å²) in [7, 11) is 0. The molecule has 0 amide bonds. The topological polar surface area (TPSA) is 60.2 Å².